The first-order valence-corrected chi connectivity index (χ1v) is 40.8. The fourth-order valence-corrected chi connectivity index (χ4v) is 18.6. The predicted molar refractivity (Wildman–Crippen MR) is 491 cm³/mol. The number of aryl methyl sites for hydroxylation is 2. The van der Waals surface area contributed by atoms with E-state index >= 15 is 17.6 Å². The van der Waals surface area contributed by atoms with Crippen LogP contribution in [0.3, 0.4) is 0 Å². The van der Waals surface area contributed by atoms with E-state index in [1.54, 1.807) is 135 Å². The summed E-state index contributed by atoms with van der Waals surface area (Å²) in [5.74, 6) is -24.2. The van der Waals surface area contributed by atoms with Crippen LogP contribution in [-0.2, 0) is 0 Å². The Morgan fingerprint density at radius 1 is 0.250 bits per heavy atom. The second kappa shape index (κ2) is 37.0. The molecule has 0 amide bonds. The zero-order valence-electron chi connectivity index (χ0n) is 72.3. The molecule has 0 heterocycles. The van der Waals surface area contributed by atoms with E-state index in [1.807, 2.05) is 24.3 Å². The van der Waals surface area contributed by atoms with Crippen molar-refractivity contribution in [2.24, 2.45) is 0 Å². The number of allylic oxidation sites excluding steroid dienone is 18. The van der Waals surface area contributed by atoms with E-state index in [2.05, 4.69) is 60.4 Å². The first-order valence-electron chi connectivity index (χ1n) is 40.8. The molecule has 18 rings (SSSR count). The molecule has 6 aliphatic carbocycles. The zero-order chi connectivity index (χ0) is 104. The predicted octanol–water partition coefficient (Wildman–Crippen LogP) is 29.4. The molecule has 0 spiro atoms. The molecule has 0 radical (unpaired) electrons. The Morgan fingerprint density at radius 2 is 0.451 bits per heavy atom. The van der Waals surface area contributed by atoms with Gasteiger partial charge in [0.15, 0.2) is 57.9 Å². The lowest BCUT2D eigenvalue weighted by Gasteiger charge is -2.20. The molecule has 0 saturated heterocycles. The fourth-order valence-electron chi connectivity index (χ4n) is 18.6. The van der Waals surface area contributed by atoms with Gasteiger partial charge >= 0.3 is 12.7 Å². The van der Waals surface area contributed by atoms with Crippen molar-refractivity contribution in [1.29, 1.82) is 42.1 Å². The summed E-state index contributed by atoms with van der Waals surface area (Å²) in [6.07, 6.45) is -9.94. The third-order valence-corrected chi connectivity index (χ3v) is 23.6. The molecule has 0 atom stereocenters. The number of hydrogen-bond donors (Lipinski definition) is 0. The number of nitriles is 8. The van der Waals surface area contributed by atoms with E-state index in [-0.39, 0.29) is 89.8 Å². The summed E-state index contributed by atoms with van der Waals surface area (Å²) in [5.41, 5.74) is 1.53. The number of hydrogen-bond acceptors (Lipinski definition) is 10. The molecule has 144 heavy (non-hydrogen) atoms. The van der Waals surface area contributed by atoms with Crippen molar-refractivity contribution in [3.63, 3.8) is 0 Å². The first-order chi connectivity index (χ1) is 69.0. The molecule has 12 aromatic carbocycles. The fraction of sp³-hybridized carbons (Fsp3) is 0.0364. The average Bonchev–Trinajstić information content (AvgIpc) is 1.55. The van der Waals surface area contributed by atoms with E-state index in [0.29, 0.717) is 122 Å². The average molecular weight is 1920 g/mol. The smallest absolute Gasteiger partial charge is 0.406 e. The third kappa shape index (κ3) is 15.6. The molecule has 0 N–H and O–H groups in total. The van der Waals surface area contributed by atoms with Crippen LogP contribution in [0, 0.1) is 215 Å². The Morgan fingerprint density at radius 3 is 0.653 bits per heavy atom. The van der Waals surface area contributed by atoms with Gasteiger partial charge in [-0.15, -0.1) is 26.3 Å². The first kappa shape index (κ1) is 95.8. The van der Waals surface area contributed by atoms with Gasteiger partial charge in [0.25, 0.3) is 34.2 Å². The lowest BCUT2D eigenvalue weighted by molar-refractivity contribution is -0.275. The summed E-state index contributed by atoms with van der Waals surface area (Å²) < 4.78 is 234. The number of halogens is 16. The van der Waals surface area contributed by atoms with Crippen molar-refractivity contribution in [3.8, 4) is 127 Å². The van der Waals surface area contributed by atoms with Gasteiger partial charge in [0.2, 0.25) is 11.6 Å². The molecule has 0 saturated carbocycles. The number of benzene rings is 12. The normalized spacial score (nSPS) is 14.6. The molecular formula is C110H36F16N16O2. The number of alkyl halides is 6. The second-order valence-corrected chi connectivity index (χ2v) is 31.3. The molecule has 18 nitrogen and oxygen atoms in total. The number of ether oxygens (including phenoxy) is 2. The summed E-state index contributed by atoms with van der Waals surface area (Å²) >= 11 is 0. The van der Waals surface area contributed by atoms with Crippen LogP contribution in [0.4, 0.5) is 81.6 Å². The van der Waals surface area contributed by atoms with Gasteiger partial charge in [-0.25, -0.2) is 114 Å². The lowest BCUT2D eigenvalue weighted by atomic mass is 9.84. The molecular weight excluding hydrogens is 1880 g/mol. The third-order valence-electron chi connectivity index (χ3n) is 23.6. The molecule has 0 bridgehead atoms. The highest BCUT2D eigenvalue weighted by molar-refractivity contribution is 6.42. The maximum atomic E-state index is 15.2. The van der Waals surface area contributed by atoms with Crippen LogP contribution in [0.15, 0.2) is 216 Å². The molecule has 0 unspecified atom stereocenters. The Bertz CT molecular complexity index is 8420. The van der Waals surface area contributed by atoms with Gasteiger partial charge in [-0.1, -0.05) is 121 Å². The highest BCUT2D eigenvalue weighted by Gasteiger charge is 2.48. The summed E-state index contributed by atoms with van der Waals surface area (Å²) in [6.45, 7) is 65.2. The highest BCUT2D eigenvalue weighted by atomic mass is 19.4. The van der Waals surface area contributed by atoms with Crippen molar-refractivity contribution in [2.75, 3.05) is 0 Å². The maximum absolute atomic E-state index is 15.2. The summed E-state index contributed by atoms with van der Waals surface area (Å²) in [4.78, 5) is 27.4. The van der Waals surface area contributed by atoms with Gasteiger partial charge in [0.1, 0.15) is 11.5 Å². The van der Waals surface area contributed by atoms with Crippen molar-refractivity contribution in [3.05, 3.63) is 455 Å². The molecule has 0 fully saturated rings. The molecule has 12 aromatic rings. The molecule has 6 aliphatic rings. The lowest BCUT2D eigenvalue weighted by Crippen LogP contribution is -2.17. The largest absolute Gasteiger partial charge is 0.573 e. The molecule has 34 heteroatoms. The van der Waals surface area contributed by atoms with Crippen LogP contribution in [-0.4, -0.2) is 12.7 Å². The van der Waals surface area contributed by atoms with Gasteiger partial charge < -0.3 is 9.47 Å². The second-order valence-electron chi connectivity index (χ2n) is 31.3. The monoisotopic (exact) mass is 1920 g/mol. The minimum atomic E-state index is -4.97. The van der Waals surface area contributed by atoms with Crippen molar-refractivity contribution >= 4 is 78.3 Å². The van der Waals surface area contributed by atoms with Crippen LogP contribution in [0.1, 0.15) is 89.0 Å². The van der Waals surface area contributed by atoms with Crippen molar-refractivity contribution < 1.29 is 79.7 Å². The standard InChI is InChI=1S/C38H18F6N4O2.C38H12N8.C34H6F10N4/c1-19-11-21(15-23(13-19)49-37(39,40)41)25-7-5-9-27-31(25)35(29(17-45)47-3)34-28-10-6-8-26(32(28)36(33(27)34)30(18-46)48-4)22-12-20(2)14-24(16-22)50-38(42,43)44;1-43-25-13-21(17-39)11-23(15-25)27-7-5-9-29-33(27)37(31(19-41)45-3)36-30-10-6-8-28(24-12-22(18-40)14-26(16-24)44-2)34(30)38(35(29)36)32(20-42)46-4;1-47-15(9-45)23-17-11(5-3-7-13(17)21-25(35)29(39)33(43)30(40)26(21)36)20-19(23)12-6-4-8-14(18(12)24(20)16(10-46)48-2)22-27(37)31(41)34(44)32(42)28(22)38/h5-16H,1-2H3;5-16H;3-8H/b35-29-,36-30+;37-31-,38-32+;23-15-,24-16+. The summed E-state index contributed by atoms with van der Waals surface area (Å²) in [6, 6.07) is 59.5. The van der Waals surface area contributed by atoms with Crippen LogP contribution in [0.5, 0.6) is 11.5 Å². The Kier molecular flexibility index (Phi) is 24.6. The topological polar surface area (TPSA) is 244 Å². The van der Waals surface area contributed by atoms with Crippen LogP contribution < -0.4 is 9.47 Å². The maximum Gasteiger partial charge on any atom is 0.573 e. The minimum absolute atomic E-state index is 0.129. The molecule has 680 valence electrons. The number of nitrogens with zero attached hydrogens (tertiary/aromatic N) is 16. The summed E-state index contributed by atoms with van der Waals surface area (Å²) in [7, 11) is 0. The Hall–Kier alpha value is -21.4. The van der Waals surface area contributed by atoms with E-state index < -0.39 is 138 Å². The van der Waals surface area contributed by atoms with E-state index in [1.165, 1.54) is 48.5 Å². The highest BCUT2D eigenvalue weighted by Crippen LogP contribution is 2.67. The van der Waals surface area contributed by atoms with Crippen molar-refractivity contribution in [2.45, 2.75) is 26.6 Å². The van der Waals surface area contributed by atoms with Gasteiger partial charge in [-0.05, 0) is 241 Å². The SMILES string of the molecule is [C-]#[N+]/C(C#N)=C1C2=C(/C(=C(\C#N)[N+]#[C-])c3c2cccc3-c2cc(C#N)cc([N+]#[C-])c2)c2cccc(-c3cc(C#N)cc([N+]#[C-])c3)c2\1.[C-]#[N+]/C(C#N)=C1C2=C(/C(=C(\C#N)[N+]#[C-])c3c2cccc3-c2cc(C)cc(OC(F)(F)F)c2)c2cccc(-c3cc(C)cc(OC(F)(F)F)c3)c2\1.[C-]#[N+]\C(C#N)=C1/C2=C(\C(=C(/C#N)[N+]#[C-])c3c2cccc3-c2c(F)c(F)c(F)c(F)c2F)c2cccc(-c3c(F)c(F)c(F)c(F)c3F)c21. The molecule has 0 aromatic heterocycles. The van der Waals surface area contributed by atoms with Gasteiger partial charge in [0.05, 0.1) is 112 Å². The molecule has 0 aliphatic heterocycles. The van der Waals surface area contributed by atoms with Crippen LogP contribution >= 0.6 is 0 Å². The van der Waals surface area contributed by atoms with Crippen LogP contribution in [0.25, 0.3) is 172 Å². The quantitative estimate of drug-likeness (QED) is 0.0458. The Labute approximate surface area is 804 Å². The number of fused-ring (bicyclic) bond motifs is 12. The summed E-state index contributed by atoms with van der Waals surface area (Å²) in [5, 5.41) is 80.1. The van der Waals surface area contributed by atoms with Gasteiger partial charge in [-0.2, -0.15) is 10.5 Å². The zero-order valence-corrected chi connectivity index (χ0v) is 72.3. The van der Waals surface area contributed by atoms with Gasteiger partial charge in [-0.3, -0.25) is 0 Å². The van der Waals surface area contributed by atoms with E-state index in [0.717, 1.165) is 24.3 Å². The van der Waals surface area contributed by atoms with E-state index in [4.69, 9.17) is 52.6 Å². The number of rotatable bonds is 8. The van der Waals surface area contributed by atoms with Gasteiger partial charge in [0, 0.05) is 44.6 Å². The Balaban J connectivity index is 0.000000155. The van der Waals surface area contributed by atoms with Crippen molar-refractivity contribution in [1.82, 2.24) is 0 Å². The van der Waals surface area contributed by atoms with Crippen LogP contribution in [0.2, 0.25) is 0 Å². The minimum Gasteiger partial charge on any atom is -0.406 e. The van der Waals surface area contributed by atoms with E-state index in [9.17, 15) is 94.8 Å².